The lowest BCUT2D eigenvalue weighted by atomic mass is 10.0. The molecule has 0 aliphatic carbocycles. The quantitative estimate of drug-likeness (QED) is 0.0321. The number of anilines is 2. The van der Waals surface area contributed by atoms with Crippen LogP contribution < -0.4 is 16.2 Å². The highest BCUT2D eigenvalue weighted by Gasteiger charge is 2.14. The molecule has 0 amide bonds. The molecule has 0 saturated carbocycles. The van der Waals surface area contributed by atoms with E-state index in [1.165, 1.54) is 154 Å². The highest BCUT2D eigenvalue weighted by atomic mass is 16.5. The number of unbranched alkanes of at least 4 members (excludes halogenated alkanes) is 26. The summed E-state index contributed by atoms with van der Waals surface area (Å²) in [7, 11) is 0. The highest BCUT2D eigenvalue weighted by Crippen LogP contribution is 2.26. The summed E-state index contributed by atoms with van der Waals surface area (Å²) >= 11 is 0. The van der Waals surface area contributed by atoms with E-state index in [0.29, 0.717) is 42.1 Å². The monoisotopic (exact) mass is 735 g/mol. The van der Waals surface area contributed by atoms with Gasteiger partial charge in [-0.25, -0.2) is 4.79 Å². The molecular formula is C47H78N2O4. The smallest absolute Gasteiger partial charge is 0.340 e. The molecule has 2 aromatic carbocycles. The first kappa shape index (κ1) is 46.1. The Bertz CT molecular complexity index is 1230. The van der Waals surface area contributed by atoms with Crippen LogP contribution in [0.1, 0.15) is 222 Å². The van der Waals surface area contributed by atoms with Gasteiger partial charge >= 0.3 is 11.9 Å². The number of hydrogen-bond donors (Lipinski definition) is 2. The molecule has 0 atom stereocenters. The number of benzene rings is 2. The number of nitrogens with two attached hydrogens (primary N) is 2. The van der Waals surface area contributed by atoms with Crippen molar-refractivity contribution in [3.63, 3.8) is 0 Å². The maximum atomic E-state index is 12.9. The molecule has 0 bridgehead atoms. The Morgan fingerprint density at radius 1 is 0.491 bits per heavy atom. The molecule has 0 spiro atoms. The number of esters is 2. The maximum Gasteiger partial charge on any atom is 0.340 e. The Kier molecular flexibility index (Phi) is 27.3. The van der Waals surface area contributed by atoms with E-state index in [2.05, 4.69) is 13.8 Å². The molecule has 0 aromatic heterocycles. The van der Waals surface area contributed by atoms with Crippen molar-refractivity contribution in [2.75, 3.05) is 18.1 Å². The second-order valence-corrected chi connectivity index (χ2v) is 15.5. The van der Waals surface area contributed by atoms with Crippen molar-refractivity contribution in [2.45, 2.75) is 206 Å². The van der Waals surface area contributed by atoms with E-state index >= 15 is 0 Å². The Labute approximate surface area is 324 Å². The third-order valence-corrected chi connectivity index (χ3v) is 10.5. The lowest BCUT2D eigenvalue weighted by Gasteiger charge is -2.12. The summed E-state index contributed by atoms with van der Waals surface area (Å²) in [6.07, 6.45) is 36.9. The van der Waals surface area contributed by atoms with Gasteiger partial charge in [-0.1, -0.05) is 193 Å². The number of ether oxygens (including phenoxy) is 2. The molecule has 6 heteroatoms. The largest absolute Gasteiger partial charge is 0.462 e. The minimum atomic E-state index is -0.380. The van der Waals surface area contributed by atoms with Gasteiger partial charge in [-0.15, -0.1) is 0 Å². The zero-order valence-electron chi connectivity index (χ0n) is 34.2. The summed E-state index contributed by atoms with van der Waals surface area (Å²) in [4.78, 5) is 25.5. The Balaban J connectivity index is 1.61. The van der Waals surface area contributed by atoms with Gasteiger partial charge in [-0.05, 0) is 54.7 Å². The molecule has 0 aliphatic heterocycles. The van der Waals surface area contributed by atoms with Crippen molar-refractivity contribution in [3.8, 4) is 5.75 Å². The average Bonchev–Trinajstić information content (AvgIpc) is 3.15. The summed E-state index contributed by atoms with van der Waals surface area (Å²) in [5.74, 6) is -0.236. The van der Waals surface area contributed by atoms with Crippen LogP contribution in [0.4, 0.5) is 11.4 Å². The van der Waals surface area contributed by atoms with E-state index in [-0.39, 0.29) is 11.9 Å². The second-order valence-electron chi connectivity index (χ2n) is 15.5. The van der Waals surface area contributed by atoms with E-state index in [0.717, 1.165) is 36.8 Å². The molecule has 2 rings (SSSR count). The fourth-order valence-corrected chi connectivity index (χ4v) is 7.08. The molecule has 0 radical (unpaired) electrons. The number of rotatable bonds is 34. The van der Waals surface area contributed by atoms with E-state index in [9.17, 15) is 9.59 Å². The van der Waals surface area contributed by atoms with E-state index in [4.69, 9.17) is 20.9 Å². The number of hydrogen-bond acceptors (Lipinski definition) is 6. The van der Waals surface area contributed by atoms with Crippen molar-refractivity contribution < 1.29 is 19.1 Å². The van der Waals surface area contributed by atoms with Crippen molar-refractivity contribution in [2.24, 2.45) is 0 Å². The number of carbonyl (C=O) groups is 2. The number of nitrogen functional groups attached to an aromatic ring is 2. The Morgan fingerprint density at radius 3 is 1.36 bits per heavy atom. The van der Waals surface area contributed by atoms with Gasteiger partial charge in [0.05, 0.1) is 17.9 Å². The lowest BCUT2D eigenvalue weighted by molar-refractivity contribution is -0.134. The Hall–Kier alpha value is -3.02. The second kappa shape index (κ2) is 31.3. The number of carbonyl (C=O) groups excluding carboxylic acids is 2. The minimum absolute atomic E-state index is 0.246. The predicted molar refractivity (Wildman–Crippen MR) is 226 cm³/mol. The first-order valence-electron chi connectivity index (χ1n) is 22.1. The molecule has 0 fully saturated rings. The van der Waals surface area contributed by atoms with Gasteiger partial charge in [-0.2, -0.15) is 0 Å². The minimum Gasteiger partial charge on any atom is -0.462 e. The summed E-state index contributed by atoms with van der Waals surface area (Å²) < 4.78 is 11.3. The fourth-order valence-electron chi connectivity index (χ4n) is 7.08. The average molecular weight is 735 g/mol. The van der Waals surface area contributed by atoms with Crippen LogP contribution in [0.5, 0.6) is 5.75 Å². The molecular weight excluding hydrogens is 657 g/mol. The van der Waals surface area contributed by atoms with Gasteiger partial charge in [0.1, 0.15) is 0 Å². The third kappa shape index (κ3) is 23.4. The first-order chi connectivity index (χ1) is 25.9. The third-order valence-electron chi connectivity index (χ3n) is 10.5. The zero-order chi connectivity index (χ0) is 38.2. The van der Waals surface area contributed by atoms with Crippen LogP contribution in [0.25, 0.3) is 0 Å². The van der Waals surface area contributed by atoms with E-state index < -0.39 is 0 Å². The molecule has 300 valence electrons. The van der Waals surface area contributed by atoms with Crippen LogP contribution in [0.2, 0.25) is 0 Å². The van der Waals surface area contributed by atoms with Crippen molar-refractivity contribution in [1.82, 2.24) is 0 Å². The SMILES string of the molecule is CCCCCCCCCCCCCCCCOC(=O)c1cc(Cc2ccc(N)c(OC(=O)CCCCCCCCCCCCCCCC)c2)ccc1N. The van der Waals surface area contributed by atoms with Gasteiger partial charge in [-0.3, -0.25) is 4.79 Å². The van der Waals surface area contributed by atoms with Gasteiger partial charge in [0.25, 0.3) is 0 Å². The first-order valence-corrected chi connectivity index (χ1v) is 22.1. The molecule has 6 nitrogen and oxygen atoms in total. The van der Waals surface area contributed by atoms with Crippen molar-refractivity contribution >= 4 is 23.3 Å². The van der Waals surface area contributed by atoms with Crippen LogP contribution in [-0.2, 0) is 16.0 Å². The topological polar surface area (TPSA) is 105 Å². The maximum absolute atomic E-state index is 12.9. The summed E-state index contributed by atoms with van der Waals surface area (Å²) in [6.45, 7) is 4.95. The fraction of sp³-hybridized carbons (Fsp3) is 0.702. The summed E-state index contributed by atoms with van der Waals surface area (Å²) in [5.41, 5.74) is 15.4. The lowest BCUT2D eigenvalue weighted by Crippen LogP contribution is -2.10. The van der Waals surface area contributed by atoms with E-state index in [1.807, 2.05) is 18.2 Å². The van der Waals surface area contributed by atoms with Crippen LogP contribution in [0.15, 0.2) is 36.4 Å². The highest BCUT2D eigenvalue weighted by molar-refractivity contribution is 5.95. The Morgan fingerprint density at radius 2 is 0.887 bits per heavy atom. The van der Waals surface area contributed by atoms with Gasteiger partial charge < -0.3 is 20.9 Å². The standard InChI is InChI=1S/C47H78N2O4/c1-3-5-7-9-11-13-15-17-19-21-23-25-27-29-31-46(50)53-45-39-41(33-35-44(45)49)37-40-32-34-43(48)42(38-40)47(51)52-36-30-28-26-24-22-20-18-16-14-12-10-8-6-4-2/h32-35,38-39H,3-31,36-37,48-49H2,1-2H3. The summed E-state index contributed by atoms with van der Waals surface area (Å²) in [6, 6.07) is 11.0. The van der Waals surface area contributed by atoms with E-state index in [1.54, 1.807) is 18.2 Å². The molecule has 0 unspecified atom stereocenters. The van der Waals surface area contributed by atoms with Crippen LogP contribution in [0, 0.1) is 0 Å². The summed E-state index contributed by atoms with van der Waals surface area (Å²) in [5, 5.41) is 0. The van der Waals surface area contributed by atoms with Crippen LogP contribution in [-0.4, -0.2) is 18.5 Å². The molecule has 2 aromatic rings. The molecule has 0 aliphatic rings. The zero-order valence-corrected chi connectivity index (χ0v) is 34.2. The molecule has 0 heterocycles. The van der Waals surface area contributed by atoms with Gasteiger partial charge in [0, 0.05) is 12.1 Å². The van der Waals surface area contributed by atoms with Crippen LogP contribution >= 0.6 is 0 Å². The normalized spacial score (nSPS) is 11.2. The molecule has 0 saturated heterocycles. The molecule has 53 heavy (non-hydrogen) atoms. The van der Waals surface area contributed by atoms with Gasteiger partial charge in [0.15, 0.2) is 5.75 Å². The van der Waals surface area contributed by atoms with Crippen LogP contribution in [0.3, 0.4) is 0 Å². The van der Waals surface area contributed by atoms with Crippen molar-refractivity contribution in [1.29, 1.82) is 0 Å². The molecule has 4 N–H and O–H groups in total. The van der Waals surface area contributed by atoms with Gasteiger partial charge in [0.2, 0.25) is 0 Å². The predicted octanol–water partition coefficient (Wildman–Crippen LogP) is 13.9. The van der Waals surface area contributed by atoms with Crippen molar-refractivity contribution in [3.05, 3.63) is 53.1 Å².